The van der Waals surface area contributed by atoms with E-state index in [1.165, 1.54) is 17.2 Å². The van der Waals surface area contributed by atoms with Crippen LogP contribution in [0.2, 0.25) is 0 Å². The number of carbonyl (C=O) groups is 1. The fourth-order valence-electron chi connectivity index (χ4n) is 2.14. The SMILES string of the molecule is C=CC(=O)/C(C=C)=C(\C)C(CC(C(=C)C)=C(C)C)OC. The quantitative estimate of drug-likeness (QED) is 0.479. The molecule has 0 saturated heterocycles. The molecule has 0 radical (unpaired) electrons. The van der Waals surface area contributed by atoms with Crippen molar-refractivity contribution in [2.45, 2.75) is 40.2 Å². The molecule has 0 aromatic rings. The van der Waals surface area contributed by atoms with E-state index < -0.39 is 0 Å². The number of carbonyl (C=O) groups excluding carboxylic acids is 1. The van der Waals surface area contributed by atoms with Gasteiger partial charge in [-0.05, 0) is 44.9 Å². The van der Waals surface area contributed by atoms with Gasteiger partial charge in [0.1, 0.15) is 0 Å². The fraction of sp³-hybridized carbons (Fsp3) is 0.389. The molecule has 20 heavy (non-hydrogen) atoms. The Morgan fingerprint density at radius 2 is 1.70 bits per heavy atom. The third-order valence-electron chi connectivity index (χ3n) is 3.36. The minimum atomic E-state index is -0.173. The van der Waals surface area contributed by atoms with Crippen LogP contribution in [0.25, 0.3) is 0 Å². The van der Waals surface area contributed by atoms with Crippen LogP contribution in [-0.4, -0.2) is 19.0 Å². The number of ketones is 1. The molecule has 1 unspecified atom stereocenters. The van der Waals surface area contributed by atoms with Gasteiger partial charge in [0.05, 0.1) is 6.10 Å². The van der Waals surface area contributed by atoms with Crippen LogP contribution >= 0.6 is 0 Å². The molecule has 0 fully saturated rings. The Bertz CT molecular complexity index is 472. The summed E-state index contributed by atoms with van der Waals surface area (Å²) in [6.45, 7) is 19.2. The highest BCUT2D eigenvalue weighted by Crippen LogP contribution is 2.25. The lowest BCUT2D eigenvalue weighted by atomic mass is 9.91. The topological polar surface area (TPSA) is 26.3 Å². The van der Waals surface area contributed by atoms with Gasteiger partial charge in [-0.2, -0.15) is 0 Å². The average Bonchev–Trinajstić information content (AvgIpc) is 2.39. The van der Waals surface area contributed by atoms with Crippen LogP contribution in [0.4, 0.5) is 0 Å². The number of ether oxygens (including phenoxy) is 1. The lowest BCUT2D eigenvalue weighted by molar-refractivity contribution is -0.111. The van der Waals surface area contributed by atoms with Crippen molar-refractivity contribution in [2.24, 2.45) is 0 Å². The van der Waals surface area contributed by atoms with Crippen molar-refractivity contribution in [3.8, 4) is 0 Å². The molecule has 2 heteroatoms. The lowest BCUT2D eigenvalue weighted by Crippen LogP contribution is -2.17. The van der Waals surface area contributed by atoms with E-state index in [0.29, 0.717) is 12.0 Å². The van der Waals surface area contributed by atoms with Gasteiger partial charge in [0.15, 0.2) is 5.78 Å². The highest BCUT2D eigenvalue weighted by atomic mass is 16.5. The largest absolute Gasteiger partial charge is 0.377 e. The molecule has 110 valence electrons. The first-order valence-electron chi connectivity index (χ1n) is 6.65. The molecule has 0 bridgehead atoms. The molecule has 0 aliphatic rings. The first-order chi connectivity index (χ1) is 9.29. The van der Waals surface area contributed by atoms with E-state index in [1.807, 2.05) is 13.8 Å². The van der Waals surface area contributed by atoms with Crippen LogP contribution in [0.1, 0.15) is 34.1 Å². The van der Waals surface area contributed by atoms with Crippen molar-refractivity contribution >= 4 is 5.78 Å². The molecular formula is C18H26O2. The zero-order chi connectivity index (χ0) is 15.9. The number of hydrogen-bond acceptors (Lipinski definition) is 2. The van der Waals surface area contributed by atoms with Gasteiger partial charge in [-0.15, -0.1) is 0 Å². The lowest BCUT2D eigenvalue weighted by Gasteiger charge is -2.21. The van der Waals surface area contributed by atoms with Crippen LogP contribution in [0.5, 0.6) is 0 Å². The highest BCUT2D eigenvalue weighted by molar-refractivity contribution is 6.06. The van der Waals surface area contributed by atoms with E-state index in [0.717, 1.165) is 11.1 Å². The monoisotopic (exact) mass is 274 g/mol. The summed E-state index contributed by atoms with van der Waals surface area (Å²) in [5, 5.41) is 0. The fourth-order valence-corrected chi connectivity index (χ4v) is 2.14. The predicted octanol–water partition coefficient (Wildman–Crippen LogP) is 4.56. The van der Waals surface area contributed by atoms with Gasteiger partial charge in [-0.1, -0.05) is 37.0 Å². The van der Waals surface area contributed by atoms with Crippen molar-refractivity contribution in [2.75, 3.05) is 7.11 Å². The summed E-state index contributed by atoms with van der Waals surface area (Å²) in [7, 11) is 1.65. The van der Waals surface area contributed by atoms with Crippen LogP contribution in [-0.2, 0) is 9.53 Å². The number of allylic oxidation sites excluding steroid dienone is 5. The minimum Gasteiger partial charge on any atom is -0.377 e. The maximum atomic E-state index is 11.8. The molecule has 0 saturated carbocycles. The first-order valence-corrected chi connectivity index (χ1v) is 6.65. The predicted molar refractivity (Wildman–Crippen MR) is 86.7 cm³/mol. The summed E-state index contributed by atoms with van der Waals surface area (Å²) >= 11 is 0. The molecule has 0 amide bonds. The van der Waals surface area contributed by atoms with Gasteiger partial charge in [-0.3, -0.25) is 4.79 Å². The molecule has 0 spiro atoms. The molecule has 0 aliphatic carbocycles. The van der Waals surface area contributed by atoms with E-state index in [9.17, 15) is 4.79 Å². The Morgan fingerprint density at radius 1 is 1.15 bits per heavy atom. The Labute approximate surface area is 123 Å². The van der Waals surface area contributed by atoms with E-state index >= 15 is 0 Å². The molecule has 0 aromatic heterocycles. The molecule has 2 nitrogen and oxygen atoms in total. The first kappa shape index (κ1) is 18.3. The Morgan fingerprint density at radius 3 is 2.00 bits per heavy atom. The van der Waals surface area contributed by atoms with Crippen molar-refractivity contribution in [3.05, 3.63) is 59.8 Å². The normalized spacial score (nSPS) is 13.1. The summed E-state index contributed by atoms with van der Waals surface area (Å²) in [5.74, 6) is -0.131. The summed E-state index contributed by atoms with van der Waals surface area (Å²) in [4.78, 5) is 11.8. The zero-order valence-electron chi connectivity index (χ0n) is 13.4. The van der Waals surface area contributed by atoms with Crippen LogP contribution in [0.15, 0.2) is 59.8 Å². The zero-order valence-corrected chi connectivity index (χ0v) is 13.4. The maximum absolute atomic E-state index is 11.8. The molecule has 0 aliphatic heterocycles. The van der Waals surface area contributed by atoms with Gasteiger partial charge < -0.3 is 4.74 Å². The van der Waals surface area contributed by atoms with Gasteiger partial charge >= 0.3 is 0 Å². The van der Waals surface area contributed by atoms with Crippen molar-refractivity contribution in [1.29, 1.82) is 0 Å². The smallest absolute Gasteiger partial charge is 0.185 e. The second kappa shape index (κ2) is 8.49. The van der Waals surface area contributed by atoms with Crippen molar-refractivity contribution in [1.82, 2.24) is 0 Å². The molecule has 1 atom stereocenters. The van der Waals surface area contributed by atoms with Crippen LogP contribution in [0.3, 0.4) is 0 Å². The highest BCUT2D eigenvalue weighted by Gasteiger charge is 2.18. The third-order valence-corrected chi connectivity index (χ3v) is 3.36. The second-order valence-corrected chi connectivity index (χ2v) is 5.06. The summed E-state index contributed by atoms with van der Waals surface area (Å²) < 4.78 is 5.55. The van der Waals surface area contributed by atoms with Gasteiger partial charge in [0.2, 0.25) is 0 Å². The standard InChI is InChI=1S/C18H26O2/c1-9-15(17(19)10-2)14(7)18(20-8)11-16(12(3)4)13(5)6/h9-10,18H,1-3,11H2,4-8H3/b15-14+. The third kappa shape index (κ3) is 4.78. The van der Waals surface area contributed by atoms with E-state index in [1.54, 1.807) is 13.2 Å². The van der Waals surface area contributed by atoms with E-state index in [2.05, 4.69) is 33.6 Å². The molecule has 0 aromatic carbocycles. The van der Waals surface area contributed by atoms with Gasteiger partial charge in [0.25, 0.3) is 0 Å². The summed E-state index contributed by atoms with van der Waals surface area (Å²) in [6.07, 6.45) is 3.39. The Hall–Kier alpha value is -1.67. The van der Waals surface area contributed by atoms with E-state index in [4.69, 9.17) is 4.74 Å². The second-order valence-electron chi connectivity index (χ2n) is 5.06. The minimum absolute atomic E-state index is 0.131. The summed E-state index contributed by atoms with van der Waals surface area (Å²) in [5.41, 5.74) is 4.83. The number of methoxy groups -OCH3 is 1. The average molecular weight is 274 g/mol. The van der Waals surface area contributed by atoms with Crippen LogP contribution < -0.4 is 0 Å². The van der Waals surface area contributed by atoms with Gasteiger partial charge in [-0.25, -0.2) is 0 Å². The molecule has 0 rings (SSSR count). The molecule has 0 N–H and O–H groups in total. The van der Waals surface area contributed by atoms with E-state index in [-0.39, 0.29) is 11.9 Å². The van der Waals surface area contributed by atoms with Gasteiger partial charge in [0, 0.05) is 19.1 Å². The summed E-state index contributed by atoms with van der Waals surface area (Å²) in [6, 6.07) is 0. The Balaban J connectivity index is 5.58. The number of rotatable bonds is 8. The number of hydrogen-bond donors (Lipinski definition) is 0. The molecule has 0 heterocycles. The Kier molecular flexibility index (Phi) is 7.78. The van der Waals surface area contributed by atoms with Crippen molar-refractivity contribution in [3.63, 3.8) is 0 Å². The van der Waals surface area contributed by atoms with Crippen molar-refractivity contribution < 1.29 is 9.53 Å². The maximum Gasteiger partial charge on any atom is 0.185 e. The molecular weight excluding hydrogens is 248 g/mol. The van der Waals surface area contributed by atoms with Crippen LogP contribution in [0, 0.1) is 0 Å².